The van der Waals surface area contributed by atoms with Crippen LogP contribution in [0.3, 0.4) is 0 Å². The molecule has 0 radical (unpaired) electrons. The highest BCUT2D eigenvalue weighted by Gasteiger charge is 2.38. The molecule has 7 rings (SSSR count). The van der Waals surface area contributed by atoms with Gasteiger partial charge in [0.05, 0.1) is 49.8 Å². The molecule has 1 saturated heterocycles. The van der Waals surface area contributed by atoms with Gasteiger partial charge in [-0.3, -0.25) is 4.74 Å². The number of hydrogen-bond acceptors (Lipinski definition) is 9. The number of amides is 2. The van der Waals surface area contributed by atoms with Crippen molar-refractivity contribution in [3.8, 4) is 28.4 Å². The Hall–Kier alpha value is -6.23. The van der Waals surface area contributed by atoms with Gasteiger partial charge in [0.1, 0.15) is 23.6 Å². The van der Waals surface area contributed by atoms with E-state index in [4.69, 9.17) is 14.5 Å². The van der Waals surface area contributed by atoms with E-state index in [1.165, 1.54) is 23.1 Å². The predicted octanol–water partition coefficient (Wildman–Crippen LogP) is 6.79. The fourth-order valence-corrected chi connectivity index (χ4v) is 6.32. The number of methoxy groups -OCH3 is 2. The third-order valence-electron chi connectivity index (χ3n) is 9.03. The molecule has 1 fully saturated rings. The summed E-state index contributed by atoms with van der Waals surface area (Å²) >= 11 is 0. The van der Waals surface area contributed by atoms with Crippen LogP contribution in [0.4, 0.5) is 33.9 Å². The number of benzene rings is 3. The number of imidazole rings is 1. The van der Waals surface area contributed by atoms with Crippen molar-refractivity contribution in [2.75, 3.05) is 37.5 Å². The van der Waals surface area contributed by atoms with Crippen LogP contribution in [0, 0.1) is 12.7 Å². The molecule has 1 atom stereocenters. The van der Waals surface area contributed by atoms with Gasteiger partial charge in [-0.05, 0) is 66.4 Å². The number of alkyl halides is 3. The summed E-state index contributed by atoms with van der Waals surface area (Å²) in [6, 6.07) is 17.5. The number of fused-ring (bicyclic) bond motifs is 1. The predicted molar refractivity (Wildman–Crippen MR) is 190 cm³/mol. The molecule has 1 unspecified atom stereocenters. The number of carbonyl (C=O) groups excluding carboxylic acids is 1. The Bertz CT molecular complexity index is 2210. The second-order valence-corrected chi connectivity index (χ2v) is 12.7. The van der Waals surface area contributed by atoms with Crippen molar-refractivity contribution in [3.63, 3.8) is 0 Å². The summed E-state index contributed by atoms with van der Waals surface area (Å²) in [6.07, 6.45) is 0.470. The molecule has 6 aromatic rings. The maximum Gasteiger partial charge on any atom is 0.522 e. The molecule has 13 nitrogen and oxygen atoms in total. The Kier molecular flexibility index (Phi) is 10.1. The van der Waals surface area contributed by atoms with Gasteiger partial charge < -0.3 is 24.6 Å². The smallest absolute Gasteiger partial charge is 0.497 e. The zero-order valence-electron chi connectivity index (χ0n) is 29.4. The number of anilines is 2. The van der Waals surface area contributed by atoms with Crippen molar-refractivity contribution in [1.29, 1.82) is 0 Å². The van der Waals surface area contributed by atoms with Crippen LogP contribution in [0.1, 0.15) is 23.1 Å². The summed E-state index contributed by atoms with van der Waals surface area (Å²) in [7, 11) is 3.24. The standard InChI is InChI=1S/C37H35F4N9O4/c1-23-14-30(38)31(46-36(51)47-13-12-29(21-47)54-37(39,40)41)15-32(23)49-20-26(16-44-49)33-17-42-35-34(43-22-45-50(33)35)48(18-24-4-8-27(52-2)9-5-24)19-25-6-10-28(53-3)11-7-25/h4-11,14-17,20,22,29H,12-13,18-19,21H2,1-3H3,(H,46,51). The average molecular weight is 746 g/mol. The topological polar surface area (TPSA) is 124 Å². The SMILES string of the molecule is COc1ccc(CN(Cc2ccc(OC)cc2)c2ncnn3c(-c4cnn(-c5cc(NC(=O)N6CCC(OC(F)(F)F)C6)c(F)cc5C)c4)cnc23)cc1. The summed E-state index contributed by atoms with van der Waals surface area (Å²) < 4.78 is 71.0. The zero-order chi connectivity index (χ0) is 38.0. The Labute approximate surface area is 306 Å². The highest BCUT2D eigenvalue weighted by atomic mass is 19.4. The molecule has 3 aromatic heterocycles. The lowest BCUT2D eigenvalue weighted by molar-refractivity contribution is -0.340. The van der Waals surface area contributed by atoms with Crippen LogP contribution in [-0.4, -0.2) is 80.1 Å². The van der Waals surface area contributed by atoms with Crippen molar-refractivity contribution in [2.45, 2.75) is 38.9 Å². The lowest BCUT2D eigenvalue weighted by Crippen LogP contribution is -2.35. The van der Waals surface area contributed by atoms with Crippen LogP contribution in [0.5, 0.6) is 11.5 Å². The van der Waals surface area contributed by atoms with E-state index in [-0.39, 0.29) is 25.2 Å². The summed E-state index contributed by atoms with van der Waals surface area (Å²) in [4.78, 5) is 25.5. The van der Waals surface area contributed by atoms with Gasteiger partial charge in [0.2, 0.25) is 0 Å². The van der Waals surface area contributed by atoms with Gasteiger partial charge in [0.15, 0.2) is 11.5 Å². The van der Waals surface area contributed by atoms with Gasteiger partial charge in [0, 0.05) is 37.9 Å². The van der Waals surface area contributed by atoms with Crippen molar-refractivity contribution in [1.82, 2.24) is 34.3 Å². The largest absolute Gasteiger partial charge is 0.522 e. The third kappa shape index (κ3) is 7.90. The first-order valence-corrected chi connectivity index (χ1v) is 16.8. The van der Waals surface area contributed by atoms with Crippen LogP contribution in [0.2, 0.25) is 0 Å². The van der Waals surface area contributed by atoms with Gasteiger partial charge in [0.25, 0.3) is 0 Å². The second-order valence-electron chi connectivity index (χ2n) is 12.7. The number of aryl methyl sites for hydroxylation is 1. The van der Waals surface area contributed by atoms with E-state index in [2.05, 4.69) is 30.1 Å². The van der Waals surface area contributed by atoms with E-state index >= 15 is 4.39 Å². The molecule has 1 aliphatic heterocycles. The number of likely N-dealkylation sites (tertiary alicyclic amines) is 1. The Morgan fingerprint density at radius 2 is 1.61 bits per heavy atom. The first-order chi connectivity index (χ1) is 26.0. The lowest BCUT2D eigenvalue weighted by Gasteiger charge is -2.24. The molecule has 280 valence electrons. The molecule has 54 heavy (non-hydrogen) atoms. The maximum atomic E-state index is 15.1. The van der Waals surface area contributed by atoms with E-state index in [1.54, 1.807) is 44.2 Å². The minimum absolute atomic E-state index is 0.00366. The molecule has 0 spiro atoms. The fraction of sp³-hybridized carbons (Fsp3) is 0.270. The molecule has 1 N–H and O–H groups in total. The number of hydrogen-bond donors (Lipinski definition) is 1. The first-order valence-electron chi connectivity index (χ1n) is 16.8. The number of aromatic nitrogens is 6. The normalized spacial score (nSPS) is 14.4. The molecule has 1 aliphatic rings. The number of nitrogens with one attached hydrogen (secondary N) is 1. The highest BCUT2D eigenvalue weighted by Crippen LogP contribution is 2.30. The Morgan fingerprint density at radius 3 is 2.24 bits per heavy atom. The van der Waals surface area contributed by atoms with E-state index in [9.17, 15) is 18.0 Å². The van der Waals surface area contributed by atoms with Crippen LogP contribution in [0.25, 0.3) is 22.6 Å². The van der Waals surface area contributed by atoms with Crippen LogP contribution in [0.15, 0.2) is 85.6 Å². The minimum atomic E-state index is -4.81. The van der Waals surface area contributed by atoms with Crippen molar-refractivity contribution >= 4 is 23.2 Å². The third-order valence-corrected chi connectivity index (χ3v) is 9.03. The molecule has 4 heterocycles. The van der Waals surface area contributed by atoms with E-state index < -0.39 is 24.3 Å². The number of nitrogens with zero attached hydrogens (tertiary/aromatic N) is 8. The number of rotatable bonds is 11. The number of carbonyl (C=O) groups is 1. The van der Waals surface area contributed by atoms with Crippen LogP contribution >= 0.6 is 0 Å². The highest BCUT2D eigenvalue weighted by molar-refractivity contribution is 5.90. The summed E-state index contributed by atoms with van der Waals surface area (Å²) in [5.41, 5.74) is 4.66. The number of ether oxygens (including phenoxy) is 3. The van der Waals surface area contributed by atoms with Gasteiger partial charge in [-0.2, -0.15) is 10.2 Å². The second kappa shape index (κ2) is 15.0. The monoisotopic (exact) mass is 745 g/mol. The number of halogens is 4. The first kappa shape index (κ1) is 36.1. The van der Waals surface area contributed by atoms with Gasteiger partial charge >= 0.3 is 12.4 Å². The Balaban J connectivity index is 1.15. The fourth-order valence-electron chi connectivity index (χ4n) is 6.32. The maximum absolute atomic E-state index is 15.1. The molecule has 2 amide bonds. The quantitative estimate of drug-likeness (QED) is 0.143. The molecule has 17 heteroatoms. The molecule has 0 aliphatic carbocycles. The lowest BCUT2D eigenvalue weighted by atomic mass is 10.1. The molecule has 3 aromatic carbocycles. The molecule has 0 saturated carbocycles. The van der Waals surface area contributed by atoms with Crippen LogP contribution < -0.4 is 19.7 Å². The van der Waals surface area contributed by atoms with Gasteiger partial charge in [-0.25, -0.2) is 28.4 Å². The van der Waals surface area contributed by atoms with Gasteiger partial charge in [-0.1, -0.05) is 24.3 Å². The molecule has 0 bridgehead atoms. The average Bonchev–Trinajstić information content (AvgIpc) is 3.93. The molecular weight excluding hydrogens is 710 g/mol. The Morgan fingerprint density at radius 1 is 0.944 bits per heavy atom. The van der Waals surface area contributed by atoms with E-state index in [0.717, 1.165) is 27.5 Å². The minimum Gasteiger partial charge on any atom is -0.497 e. The number of urea groups is 1. The summed E-state index contributed by atoms with van der Waals surface area (Å²) in [5, 5.41) is 11.5. The van der Waals surface area contributed by atoms with E-state index in [1.807, 2.05) is 48.5 Å². The van der Waals surface area contributed by atoms with Crippen molar-refractivity contribution in [2.24, 2.45) is 0 Å². The zero-order valence-corrected chi connectivity index (χ0v) is 29.4. The van der Waals surface area contributed by atoms with Crippen LogP contribution in [-0.2, 0) is 17.8 Å². The molecular formula is C37H35F4N9O4. The summed E-state index contributed by atoms with van der Waals surface area (Å²) in [5.74, 6) is 1.39. The van der Waals surface area contributed by atoms with Crippen molar-refractivity contribution in [3.05, 3.63) is 108 Å². The van der Waals surface area contributed by atoms with Gasteiger partial charge in [-0.15, -0.1) is 13.2 Å². The summed E-state index contributed by atoms with van der Waals surface area (Å²) in [6.45, 7) is 2.45. The van der Waals surface area contributed by atoms with E-state index in [0.29, 0.717) is 47.1 Å². The van der Waals surface area contributed by atoms with Crippen molar-refractivity contribution < 1.29 is 36.6 Å².